The zero-order chi connectivity index (χ0) is 18.7. The lowest BCUT2D eigenvalue weighted by atomic mass is 10.1. The number of hydroxylamine groups is 2. The van der Waals surface area contributed by atoms with Crippen molar-refractivity contribution in [2.45, 2.75) is 12.5 Å². The summed E-state index contributed by atoms with van der Waals surface area (Å²) in [6.45, 7) is 0. The molecule has 0 aliphatic heterocycles. The molecule has 8 heteroatoms. The van der Waals surface area contributed by atoms with Gasteiger partial charge in [0.25, 0.3) is 11.8 Å². The summed E-state index contributed by atoms with van der Waals surface area (Å²) in [6.07, 6.45) is 0.391. The second kappa shape index (κ2) is 7.90. The molecule has 1 aromatic carbocycles. The van der Waals surface area contributed by atoms with Crippen molar-refractivity contribution in [1.82, 2.24) is 15.4 Å². The highest BCUT2D eigenvalue weighted by atomic mass is 35.5. The quantitative estimate of drug-likeness (QED) is 0.633. The van der Waals surface area contributed by atoms with Crippen LogP contribution in [0.3, 0.4) is 0 Å². The maximum absolute atomic E-state index is 12.7. The molecule has 0 bridgehead atoms. The zero-order valence-corrected chi connectivity index (χ0v) is 15.9. The van der Waals surface area contributed by atoms with Crippen molar-refractivity contribution in [3.05, 3.63) is 57.4 Å². The molecule has 0 aliphatic rings. The van der Waals surface area contributed by atoms with Gasteiger partial charge in [-0.15, -0.1) is 11.3 Å². The first kappa shape index (κ1) is 18.4. The van der Waals surface area contributed by atoms with E-state index in [4.69, 9.17) is 16.4 Å². The predicted molar refractivity (Wildman–Crippen MR) is 102 cm³/mol. The molecule has 0 aliphatic carbocycles. The number of H-pyrrole nitrogens is 1. The van der Waals surface area contributed by atoms with Gasteiger partial charge in [-0.2, -0.15) is 0 Å². The van der Waals surface area contributed by atoms with E-state index < -0.39 is 6.04 Å². The fraction of sp³-hybridized carbons (Fsp3) is 0.222. The molecule has 2 heterocycles. The second-order valence-corrected chi connectivity index (χ2v) is 7.21. The summed E-state index contributed by atoms with van der Waals surface area (Å²) in [5.41, 5.74) is 1.17. The molecule has 26 heavy (non-hydrogen) atoms. The Balaban J connectivity index is 1.81. The maximum Gasteiger partial charge on any atom is 0.268 e. The normalized spacial score (nSPS) is 12.1. The van der Waals surface area contributed by atoms with Crippen LogP contribution in [-0.2, 0) is 16.1 Å². The number of aromatic amines is 1. The number of hydrogen-bond donors (Lipinski definition) is 2. The molecule has 0 radical (unpaired) electrons. The second-order valence-electron chi connectivity index (χ2n) is 5.74. The van der Waals surface area contributed by atoms with Gasteiger partial charge in [-0.3, -0.25) is 14.4 Å². The van der Waals surface area contributed by atoms with Crippen molar-refractivity contribution in [2.75, 3.05) is 14.2 Å². The summed E-state index contributed by atoms with van der Waals surface area (Å²) in [6, 6.07) is 10.1. The highest BCUT2D eigenvalue weighted by Gasteiger charge is 2.26. The molecule has 3 rings (SSSR count). The summed E-state index contributed by atoms with van der Waals surface area (Å²) in [5.74, 6) is -0.690. The largest absolute Gasteiger partial charge is 0.351 e. The van der Waals surface area contributed by atoms with E-state index in [9.17, 15) is 9.59 Å². The molecule has 2 amide bonds. The van der Waals surface area contributed by atoms with Crippen LogP contribution in [0.1, 0.15) is 15.4 Å². The molecule has 1 atom stereocenters. The van der Waals surface area contributed by atoms with Crippen LogP contribution in [0.5, 0.6) is 0 Å². The Labute approximate surface area is 159 Å². The highest BCUT2D eigenvalue weighted by molar-refractivity contribution is 7.09. The van der Waals surface area contributed by atoms with Crippen LogP contribution < -0.4 is 5.32 Å². The first-order valence-corrected chi connectivity index (χ1v) is 9.17. The number of nitrogens with one attached hydrogen (secondary N) is 2. The van der Waals surface area contributed by atoms with Gasteiger partial charge in [-0.25, -0.2) is 5.06 Å². The van der Waals surface area contributed by atoms with Crippen molar-refractivity contribution in [2.24, 2.45) is 0 Å². The highest BCUT2D eigenvalue weighted by Crippen LogP contribution is 2.20. The molecular weight excluding hydrogens is 374 g/mol. The van der Waals surface area contributed by atoms with E-state index in [0.717, 1.165) is 20.8 Å². The van der Waals surface area contributed by atoms with Crippen LogP contribution in [-0.4, -0.2) is 42.1 Å². The van der Waals surface area contributed by atoms with Crippen molar-refractivity contribution in [3.63, 3.8) is 0 Å². The summed E-state index contributed by atoms with van der Waals surface area (Å²) >= 11 is 7.52. The number of aromatic nitrogens is 1. The fourth-order valence-corrected chi connectivity index (χ4v) is 3.53. The summed E-state index contributed by atoms with van der Waals surface area (Å²) < 4.78 is 0. The van der Waals surface area contributed by atoms with Gasteiger partial charge in [0.2, 0.25) is 0 Å². The Morgan fingerprint density at radius 1 is 1.35 bits per heavy atom. The van der Waals surface area contributed by atoms with E-state index >= 15 is 0 Å². The van der Waals surface area contributed by atoms with Crippen molar-refractivity contribution in [3.8, 4) is 0 Å². The summed E-state index contributed by atoms with van der Waals surface area (Å²) in [4.78, 5) is 34.2. The molecule has 2 aromatic heterocycles. The molecule has 6 nitrogen and oxygen atoms in total. The third-order valence-corrected chi connectivity index (χ3v) is 5.13. The van der Waals surface area contributed by atoms with Crippen molar-refractivity contribution >= 4 is 45.7 Å². The average molecular weight is 392 g/mol. The third-order valence-electron chi connectivity index (χ3n) is 4.00. The number of benzene rings is 1. The topological polar surface area (TPSA) is 74.4 Å². The van der Waals surface area contributed by atoms with E-state index in [1.54, 1.807) is 24.3 Å². The van der Waals surface area contributed by atoms with E-state index in [-0.39, 0.29) is 11.8 Å². The molecule has 0 fully saturated rings. The van der Waals surface area contributed by atoms with Gasteiger partial charge >= 0.3 is 0 Å². The summed E-state index contributed by atoms with van der Waals surface area (Å²) in [5, 5.41) is 7.26. The lowest BCUT2D eigenvalue weighted by molar-refractivity contribution is -0.170. The molecule has 2 N–H and O–H groups in total. The van der Waals surface area contributed by atoms with E-state index in [1.165, 1.54) is 25.5 Å². The lowest BCUT2D eigenvalue weighted by Crippen LogP contribution is -2.48. The minimum absolute atomic E-state index is 0.326. The number of fused-ring (bicyclic) bond motifs is 1. The van der Waals surface area contributed by atoms with Gasteiger partial charge in [-0.1, -0.05) is 17.7 Å². The zero-order valence-electron chi connectivity index (χ0n) is 14.3. The van der Waals surface area contributed by atoms with Crippen molar-refractivity contribution < 1.29 is 14.4 Å². The van der Waals surface area contributed by atoms with Crippen LogP contribution in [0.25, 0.3) is 10.9 Å². The first-order chi connectivity index (χ1) is 12.5. The van der Waals surface area contributed by atoms with Crippen LogP contribution in [0, 0.1) is 0 Å². The molecule has 0 spiro atoms. The predicted octanol–water partition coefficient (Wildman–Crippen LogP) is 3.24. The lowest BCUT2D eigenvalue weighted by Gasteiger charge is -2.22. The average Bonchev–Trinajstić information content (AvgIpc) is 3.28. The monoisotopic (exact) mass is 391 g/mol. The third kappa shape index (κ3) is 4.07. The molecule has 3 aromatic rings. The number of thiophene rings is 1. The SMILES string of the molecule is CON(C)C(=O)[C@H](Cc1cccs1)NC(=O)c1cc2cc(Cl)ccc2[nH]1. The smallest absolute Gasteiger partial charge is 0.268 e. The van der Waals surface area contributed by atoms with E-state index in [2.05, 4.69) is 10.3 Å². The van der Waals surface area contributed by atoms with Crippen LogP contribution >= 0.6 is 22.9 Å². The number of carbonyl (C=O) groups is 2. The Bertz CT molecular complexity index is 923. The van der Waals surface area contributed by atoms with Gasteiger partial charge in [0, 0.05) is 34.3 Å². The molecule has 136 valence electrons. The van der Waals surface area contributed by atoms with Crippen LogP contribution in [0.15, 0.2) is 41.8 Å². The Morgan fingerprint density at radius 3 is 2.85 bits per heavy atom. The van der Waals surface area contributed by atoms with Crippen LogP contribution in [0.2, 0.25) is 5.02 Å². The minimum atomic E-state index is -0.735. The summed E-state index contributed by atoms with van der Waals surface area (Å²) in [7, 11) is 2.92. The molecular formula is C18H18ClN3O3S. The first-order valence-electron chi connectivity index (χ1n) is 7.91. The molecule has 0 saturated carbocycles. The standard InChI is InChI=1S/C18H18ClN3O3S/c1-22(25-2)18(24)16(10-13-4-3-7-26-13)21-17(23)15-9-11-8-12(19)5-6-14(11)20-15/h3-9,16,20H,10H2,1-2H3,(H,21,23)/t16-/m0/s1. The number of carbonyl (C=O) groups excluding carboxylic acids is 2. The Hall–Kier alpha value is -2.35. The van der Waals surface area contributed by atoms with Gasteiger partial charge in [0.15, 0.2) is 0 Å². The molecule has 0 unspecified atom stereocenters. The van der Waals surface area contributed by atoms with E-state index in [1.807, 2.05) is 17.5 Å². The van der Waals surface area contributed by atoms with Gasteiger partial charge in [0.05, 0.1) is 7.11 Å². The number of hydrogen-bond acceptors (Lipinski definition) is 4. The number of rotatable bonds is 6. The minimum Gasteiger partial charge on any atom is -0.351 e. The van der Waals surface area contributed by atoms with Crippen molar-refractivity contribution in [1.29, 1.82) is 0 Å². The number of nitrogens with zero attached hydrogens (tertiary/aromatic N) is 1. The van der Waals surface area contributed by atoms with Gasteiger partial charge < -0.3 is 10.3 Å². The molecule has 0 saturated heterocycles. The number of amides is 2. The van der Waals surface area contributed by atoms with E-state index in [0.29, 0.717) is 17.1 Å². The fourth-order valence-electron chi connectivity index (χ4n) is 2.60. The van der Waals surface area contributed by atoms with Crippen LogP contribution in [0.4, 0.5) is 0 Å². The Kier molecular flexibility index (Phi) is 5.61. The maximum atomic E-state index is 12.7. The Morgan fingerprint density at radius 2 is 2.15 bits per heavy atom. The number of likely N-dealkylation sites (N-methyl/N-ethyl adjacent to an activating group) is 1. The van der Waals surface area contributed by atoms with Gasteiger partial charge in [0.1, 0.15) is 11.7 Å². The number of halogens is 1. The van der Waals surface area contributed by atoms with Gasteiger partial charge in [-0.05, 0) is 35.7 Å².